The van der Waals surface area contributed by atoms with E-state index in [9.17, 15) is 0 Å². The van der Waals surface area contributed by atoms with E-state index in [2.05, 4.69) is 34.4 Å². The van der Waals surface area contributed by atoms with E-state index in [1.807, 2.05) is 53.2 Å². The third-order valence-corrected chi connectivity index (χ3v) is 4.36. The van der Waals surface area contributed by atoms with Gasteiger partial charge < -0.3 is 0 Å². The van der Waals surface area contributed by atoms with Crippen LogP contribution in [0, 0.1) is 6.92 Å². The summed E-state index contributed by atoms with van der Waals surface area (Å²) in [5.41, 5.74) is 4.96. The number of rotatable bonds is 4. The monoisotopic (exact) mass is 349 g/mol. The summed E-state index contributed by atoms with van der Waals surface area (Å²) in [6.45, 7) is 2.55. The predicted molar refractivity (Wildman–Crippen MR) is 97.9 cm³/mol. The van der Waals surface area contributed by atoms with Crippen LogP contribution in [0.5, 0.6) is 0 Å². The lowest BCUT2D eigenvalue weighted by molar-refractivity contribution is 0.631. The van der Waals surface area contributed by atoms with Crippen LogP contribution in [-0.4, -0.2) is 24.5 Å². The summed E-state index contributed by atoms with van der Waals surface area (Å²) < 4.78 is 3.75. The Hall–Kier alpha value is -2.92. The Morgan fingerprint density at radius 1 is 1.00 bits per heavy atom. The fourth-order valence-electron chi connectivity index (χ4n) is 2.69. The molecule has 4 aromatic rings. The van der Waals surface area contributed by atoms with Gasteiger partial charge in [0.05, 0.1) is 18.4 Å². The van der Waals surface area contributed by atoms with E-state index in [1.165, 1.54) is 5.56 Å². The number of nitrogens with zero attached hydrogens (tertiary/aromatic N) is 5. The molecule has 5 nitrogen and oxygen atoms in total. The number of aryl methyl sites for hydroxylation is 1. The van der Waals surface area contributed by atoms with Gasteiger partial charge in [-0.3, -0.25) is 4.57 Å². The quantitative estimate of drug-likeness (QED) is 0.556. The van der Waals surface area contributed by atoms with E-state index < -0.39 is 0 Å². The minimum Gasteiger partial charge on any atom is -0.300 e. The molecular formula is C19H16ClN5. The largest absolute Gasteiger partial charge is 0.300 e. The van der Waals surface area contributed by atoms with E-state index in [0.717, 1.165) is 22.6 Å². The zero-order valence-corrected chi connectivity index (χ0v) is 14.4. The normalized spacial score (nSPS) is 11.0. The fraction of sp³-hybridized carbons (Fsp3) is 0.105. The highest BCUT2D eigenvalue weighted by Crippen LogP contribution is 2.21. The van der Waals surface area contributed by atoms with Gasteiger partial charge in [-0.05, 0) is 19.1 Å². The number of hydrogen-bond acceptors (Lipinski definition) is 3. The minimum atomic E-state index is 0.470. The second-order valence-corrected chi connectivity index (χ2v) is 6.21. The van der Waals surface area contributed by atoms with E-state index in [-0.39, 0.29) is 0 Å². The molecule has 0 aliphatic rings. The van der Waals surface area contributed by atoms with Crippen molar-refractivity contribution in [2.24, 2.45) is 0 Å². The molecule has 2 aromatic carbocycles. The standard InChI is InChI=1S/C19H16ClN5/c1-14-7-9-16(10-8-14)25-13-21-19(20)18(25)12-24-11-17(22-23-24)15-5-3-2-4-6-15/h2-11,13H,12H2,1H3. The first-order chi connectivity index (χ1) is 12.2. The highest BCUT2D eigenvalue weighted by molar-refractivity contribution is 6.30. The molecule has 0 radical (unpaired) electrons. The lowest BCUT2D eigenvalue weighted by Crippen LogP contribution is -2.07. The Balaban J connectivity index is 1.65. The van der Waals surface area contributed by atoms with Crippen molar-refractivity contribution in [3.05, 3.63) is 83.5 Å². The molecule has 6 heteroatoms. The second kappa shape index (κ2) is 6.53. The van der Waals surface area contributed by atoms with Crippen molar-refractivity contribution >= 4 is 11.6 Å². The first-order valence-corrected chi connectivity index (χ1v) is 8.33. The van der Waals surface area contributed by atoms with Gasteiger partial charge in [-0.1, -0.05) is 64.8 Å². The van der Waals surface area contributed by atoms with Gasteiger partial charge in [0.25, 0.3) is 0 Å². The topological polar surface area (TPSA) is 48.5 Å². The molecule has 0 spiro atoms. The van der Waals surface area contributed by atoms with Gasteiger partial charge in [0.1, 0.15) is 12.0 Å². The minimum absolute atomic E-state index is 0.470. The molecule has 124 valence electrons. The lowest BCUT2D eigenvalue weighted by Gasteiger charge is -2.09. The van der Waals surface area contributed by atoms with Gasteiger partial charge in [-0.25, -0.2) is 9.67 Å². The van der Waals surface area contributed by atoms with Crippen molar-refractivity contribution in [3.63, 3.8) is 0 Å². The molecule has 4 rings (SSSR count). The zero-order chi connectivity index (χ0) is 17.2. The first kappa shape index (κ1) is 15.6. The van der Waals surface area contributed by atoms with Gasteiger partial charge >= 0.3 is 0 Å². The van der Waals surface area contributed by atoms with Gasteiger partial charge in [0.2, 0.25) is 0 Å². The Kier molecular flexibility index (Phi) is 4.07. The molecule has 2 heterocycles. The van der Waals surface area contributed by atoms with Crippen LogP contribution < -0.4 is 0 Å². The van der Waals surface area contributed by atoms with Crippen LogP contribution in [0.3, 0.4) is 0 Å². The summed E-state index contributed by atoms with van der Waals surface area (Å²) in [5, 5.41) is 8.94. The molecule has 0 unspecified atom stereocenters. The van der Waals surface area contributed by atoms with Crippen molar-refractivity contribution in [2.45, 2.75) is 13.5 Å². The SMILES string of the molecule is Cc1ccc(-n2cnc(Cl)c2Cn2cc(-c3ccccc3)nn2)cc1. The van der Waals surface area contributed by atoms with Gasteiger partial charge in [-0.15, -0.1) is 5.10 Å². The fourth-order valence-corrected chi connectivity index (χ4v) is 2.89. The van der Waals surface area contributed by atoms with E-state index in [4.69, 9.17) is 11.6 Å². The Morgan fingerprint density at radius 3 is 2.52 bits per heavy atom. The third-order valence-electron chi connectivity index (χ3n) is 4.05. The molecule has 25 heavy (non-hydrogen) atoms. The van der Waals surface area contributed by atoms with E-state index in [1.54, 1.807) is 11.0 Å². The van der Waals surface area contributed by atoms with Crippen LogP contribution in [0.15, 0.2) is 67.1 Å². The van der Waals surface area contributed by atoms with Crippen molar-refractivity contribution in [2.75, 3.05) is 0 Å². The van der Waals surface area contributed by atoms with Crippen LogP contribution in [-0.2, 0) is 6.54 Å². The van der Waals surface area contributed by atoms with Crippen LogP contribution in [0.1, 0.15) is 11.3 Å². The maximum atomic E-state index is 6.31. The van der Waals surface area contributed by atoms with Crippen molar-refractivity contribution < 1.29 is 0 Å². The summed E-state index contributed by atoms with van der Waals surface area (Å²) in [5.74, 6) is 0. The maximum Gasteiger partial charge on any atom is 0.152 e. The Labute approximate surface area is 150 Å². The molecule has 0 amide bonds. The smallest absolute Gasteiger partial charge is 0.152 e. The van der Waals surface area contributed by atoms with Gasteiger partial charge in [0, 0.05) is 11.3 Å². The molecule has 0 saturated heterocycles. The van der Waals surface area contributed by atoms with Crippen molar-refractivity contribution in [1.29, 1.82) is 0 Å². The highest BCUT2D eigenvalue weighted by Gasteiger charge is 2.13. The molecule has 2 aromatic heterocycles. The highest BCUT2D eigenvalue weighted by atomic mass is 35.5. The van der Waals surface area contributed by atoms with Gasteiger partial charge in [0.15, 0.2) is 5.15 Å². The van der Waals surface area contributed by atoms with Crippen molar-refractivity contribution in [1.82, 2.24) is 24.5 Å². The third kappa shape index (κ3) is 3.19. The Bertz CT molecular complexity index is 986. The van der Waals surface area contributed by atoms with Crippen LogP contribution in [0.2, 0.25) is 5.15 Å². The molecule has 0 atom stereocenters. The first-order valence-electron chi connectivity index (χ1n) is 7.95. The molecule has 0 saturated carbocycles. The molecule has 0 aliphatic carbocycles. The zero-order valence-electron chi connectivity index (χ0n) is 13.7. The van der Waals surface area contributed by atoms with E-state index in [0.29, 0.717) is 11.7 Å². The van der Waals surface area contributed by atoms with Crippen LogP contribution in [0.4, 0.5) is 0 Å². The number of halogens is 1. The lowest BCUT2D eigenvalue weighted by atomic mass is 10.2. The average Bonchev–Trinajstić information content (AvgIpc) is 3.25. The second-order valence-electron chi connectivity index (χ2n) is 5.86. The molecular weight excluding hydrogens is 334 g/mol. The molecule has 0 fully saturated rings. The molecule has 0 aliphatic heterocycles. The number of imidazole rings is 1. The summed E-state index contributed by atoms with van der Waals surface area (Å²) in [6, 6.07) is 18.2. The van der Waals surface area contributed by atoms with Crippen LogP contribution in [0.25, 0.3) is 16.9 Å². The van der Waals surface area contributed by atoms with Crippen molar-refractivity contribution in [3.8, 4) is 16.9 Å². The van der Waals surface area contributed by atoms with Gasteiger partial charge in [-0.2, -0.15) is 0 Å². The summed E-state index contributed by atoms with van der Waals surface area (Å²) >= 11 is 6.31. The summed E-state index contributed by atoms with van der Waals surface area (Å²) in [4.78, 5) is 4.24. The molecule has 0 bridgehead atoms. The van der Waals surface area contributed by atoms with E-state index >= 15 is 0 Å². The maximum absolute atomic E-state index is 6.31. The Morgan fingerprint density at radius 2 is 1.76 bits per heavy atom. The number of aromatic nitrogens is 5. The number of benzene rings is 2. The molecule has 0 N–H and O–H groups in total. The predicted octanol–water partition coefficient (Wildman–Crippen LogP) is 4.14. The summed E-state index contributed by atoms with van der Waals surface area (Å²) in [7, 11) is 0. The average molecular weight is 350 g/mol. The van der Waals surface area contributed by atoms with Crippen LogP contribution >= 0.6 is 11.6 Å². The number of hydrogen-bond donors (Lipinski definition) is 0. The summed E-state index contributed by atoms with van der Waals surface area (Å²) in [6.07, 6.45) is 3.65.